The molecule has 0 rings (SSSR count). The van der Waals surface area contributed by atoms with E-state index in [9.17, 15) is 9.59 Å². The Hall–Kier alpha value is -0.400. The van der Waals surface area contributed by atoms with Crippen molar-refractivity contribution in [3.8, 4) is 0 Å². The topological polar surface area (TPSA) is 92.4 Å². The Bertz CT molecular complexity index is 224. The summed E-state index contributed by atoms with van der Waals surface area (Å²) in [6.45, 7) is 3.19. The Morgan fingerprint density at radius 1 is 1.40 bits per heavy atom. The zero-order valence-corrected chi connectivity index (χ0v) is 10.4. The van der Waals surface area contributed by atoms with Gasteiger partial charge in [0.15, 0.2) is 0 Å². The molecule has 5 nitrogen and oxygen atoms in total. The van der Waals surface area contributed by atoms with Gasteiger partial charge in [0.05, 0.1) is 0 Å². The maximum absolute atomic E-state index is 10.7. The van der Waals surface area contributed by atoms with Crippen LogP contribution in [0.5, 0.6) is 0 Å². The average molecular weight is 252 g/mol. The maximum atomic E-state index is 10.7. The predicted octanol–water partition coefficient (Wildman–Crippen LogP) is 0.304. The van der Waals surface area contributed by atoms with Crippen LogP contribution >= 0.6 is 21.6 Å². The molecule has 2 unspecified atom stereocenters. The van der Waals surface area contributed by atoms with E-state index in [1.54, 1.807) is 0 Å². The lowest BCUT2D eigenvalue weighted by Gasteiger charge is -2.12. The first-order valence-electron chi connectivity index (χ1n) is 4.43. The second-order valence-electron chi connectivity index (χ2n) is 3.14. The van der Waals surface area contributed by atoms with Gasteiger partial charge in [-0.25, -0.2) is 4.79 Å². The molecule has 1 amide bonds. The molecule has 88 valence electrons. The molecule has 0 saturated heterocycles. The lowest BCUT2D eigenvalue weighted by molar-refractivity contribution is -0.140. The molecule has 7 heteroatoms. The average Bonchev–Trinajstić information content (AvgIpc) is 2.08. The van der Waals surface area contributed by atoms with Gasteiger partial charge in [-0.15, -0.1) is 0 Å². The van der Waals surface area contributed by atoms with Gasteiger partial charge in [-0.05, 0) is 6.92 Å². The Morgan fingerprint density at radius 3 is 2.33 bits per heavy atom. The third-order valence-electron chi connectivity index (χ3n) is 1.32. The molecule has 0 aromatic rings. The molecule has 0 aliphatic heterocycles. The number of hydrogen-bond acceptors (Lipinski definition) is 5. The van der Waals surface area contributed by atoms with Gasteiger partial charge in [0.25, 0.3) is 0 Å². The maximum Gasteiger partial charge on any atom is 0.327 e. The van der Waals surface area contributed by atoms with Crippen LogP contribution in [0.1, 0.15) is 13.8 Å². The highest BCUT2D eigenvalue weighted by atomic mass is 33.1. The highest BCUT2D eigenvalue weighted by molar-refractivity contribution is 8.76. The summed E-state index contributed by atoms with van der Waals surface area (Å²) in [4.78, 5) is 21.4. The monoisotopic (exact) mass is 252 g/mol. The van der Waals surface area contributed by atoms with Crippen molar-refractivity contribution >= 4 is 33.5 Å². The molecule has 0 aliphatic carbocycles. The summed E-state index contributed by atoms with van der Waals surface area (Å²) in [5, 5.41) is 11.1. The number of nitrogens with one attached hydrogen (secondary N) is 1. The minimum Gasteiger partial charge on any atom is -0.480 e. The first-order chi connectivity index (χ1) is 6.93. The van der Waals surface area contributed by atoms with Crippen molar-refractivity contribution in [3.05, 3.63) is 0 Å². The third kappa shape index (κ3) is 8.59. The molecule has 0 fully saturated rings. The fraction of sp³-hybridized carbons (Fsp3) is 0.750. The minimum atomic E-state index is -1.01. The van der Waals surface area contributed by atoms with Crippen molar-refractivity contribution in [1.29, 1.82) is 0 Å². The molecular formula is C8H16N2O3S2. The van der Waals surface area contributed by atoms with E-state index < -0.39 is 12.0 Å². The van der Waals surface area contributed by atoms with Gasteiger partial charge < -0.3 is 16.2 Å². The number of carbonyl (C=O) groups is 2. The number of aliphatic carboxylic acids is 1. The van der Waals surface area contributed by atoms with Gasteiger partial charge in [-0.3, -0.25) is 4.79 Å². The molecule has 4 N–H and O–H groups in total. The molecule has 0 heterocycles. The summed E-state index contributed by atoms with van der Waals surface area (Å²) >= 11 is 0. The Balaban J connectivity index is 3.77. The van der Waals surface area contributed by atoms with Crippen molar-refractivity contribution in [2.45, 2.75) is 25.9 Å². The third-order valence-corrected chi connectivity index (χ3v) is 3.94. The number of hydrogen-bond donors (Lipinski definition) is 3. The van der Waals surface area contributed by atoms with E-state index in [0.29, 0.717) is 5.75 Å². The molecule has 0 bridgehead atoms. The van der Waals surface area contributed by atoms with Gasteiger partial charge >= 0.3 is 5.97 Å². The first kappa shape index (κ1) is 14.6. The highest BCUT2D eigenvalue weighted by Crippen LogP contribution is 2.22. The molecular weight excluding hydrogens is 236 g/mol. The quantitative estimate of drug-likeness (QED) is 0.446. The zero-order chi connectivity index (χ0) is 11.8. The van der Waals surface area contributed by atoms with Gasteiger partial charge in [0, 0.05) is 24.5 Å². The van der Waals surface area contributed by atoms with Gasteiger partial charge in [-0.2, -0.15) is 0 Å². The molecule has 0 aromatic carbocycles. The number of carboxylic acids is 1. The number of carboxylic acid groups (broad SMARTS) is 1. The zero-order valence-electron chi connectivity index (χ0n) is 8.73. The van der Waals surface area contributed by atoms with E-state index in [1.807, 2.05) is 6.92 Å². The lowest BCUT2D eigenvalue weighted by atomic mass is 10.3. The van der Waals surface area contributed by atoms with Crippen LogP contribution in [0.4, 0.5) is 0 Å². The largest absolute Gasteiger partial charge is 0.480 e. The summed E-state index contributed by atoms with van der Waals surface area (Å²) in [6.07, 6.45) is 0. The molecule has 15 heavy (non-hydrogen) atoms. The van der Waals surface area contributed by atoms with Crippen LogP contribution in [0.2, 0.25) is 0 Å². The fourth-order valence-electron chi connectivity index (χ4n) is 0.692. The van der Waals surface area contributed by atoms with Gasteiger partial charge in [-0.1, -0.05) is 21.6 Å². The Morgan fingerprint density at radius 2 is 1.93 bits per heavy atom. The van der Waals surface area contributed by atoms with Crippen LogP contribution in [-0.2, 0) is 9.59 Å². The van der Waals surface area contributed by atoms with E-state index in [1.165, 1.54) is 28.5 Å². The predicted molar refractivity (Wildman–Crippen MR) is 63.8 cm³/mol. The van der Waals surface area contributed by atoms with E-state index in [4.69, 9.17) is 10.8 Å². The van der Waals surface area contributed by atoms with Gasteiger partial charge in [0.1, 0.15) is 6.04 Å². The standard InChI is InChI=1S/C8H16N2O3S2/c1-5(9)3-14-15-4-7(8(12)13)10-6(2)11/h5,7H,3-4,9H2,1-2H3,(H,10,11)(H,12,13). The second-order valence-corrected chi connectivity index (χ2v) is 5.69. The summed E-state index contributed by atoms with van der Waals surface area (Å²) in [6, 6.07) is -0.736. The molecule has 0 aliphatic rings. The van der Waals surface area contributed by atoms with Crippen LogP contribution in [0.25, 0.3) is 0 Å². The van der Waals surface area contributed by atoms with Crippen molar-refractivity contribution in [3.63, 3.8) is 0 Å². The molecule has 0 radical (unpaired) electrons. The highest BCUT2D eigenvalue weighted by Gasteiger charge is 2.18. The van der Waals surface area contributed by atoms with Crippen molar-refractivity contribution in [2.75, 3.05) is 11.5 Å². The summed E-state index contributed by atoms with van der Waals surface area (Å²) < 4.78 is 0. The number of amides is 1. The lowest BCUT2D eigenvalue weighted by Crippen LogP contribution is -2.41. The van der Waals surface area contributed by atoms with Crippen LogP contribution in [0.3, 0.4) is 0 Å². The molecule has 0 aromatic heterocycles. The van der Waals surface area contributed by atoms with Crippen LogP contribution in [0, 0.1) is 0 Å². The normalized spacial score (nSPS) is 14.3. The number of carbonyl (C=O) groups excluding carboxylic acids is 1. The Kier molecular flexibility index (Phi) is 7.63. The minimum absolute atomic E-state index is 0.0894. The van der Waals surface area contributed by atoms with E-state index in [-0.39, 0.29) is 11.9 Å². The smallest absolute Gasteiger partial charge is 0.327 e. The van der Waals surface area contributed by atoms with Crippen LogP contribution < -0.4 is 11.1 Å². The summed E-state index contributed by atoms with van der Waals surface area (Å²) in [5.74, 6) is -0.247. The molecule has 2 atom stereocenters. The number of nitrogens with two attached hydrogens (primary N) is 1. The Labute approximate surface area is 96.9 Å². The SMILES string of the molecule is CC(=O)NC(CSSCC(C)N)C(=O)O. The second kappa shape index (κ2) is 7.84. The van der Waals surface area contributed by atoms with E-state index in [0.717, 1.165) is 5.75 Å². The fourth-order valence-corrected chi connectivity index (χ4v) is 3.09. The van der Waals surface area contributed by atoms with Crippen LogP contribution in [0.15, 0.2) is 0 Å². The number of rotatable bonds is 7. The van der Waals surface area contributed by atoms with Crippen molar-refractivity contribution < 1.29 is 14.7 Å². The van der Waals surface area contributed by atoms with Crippen molar-refractivity contribution in [1.82, 2.24) is 5.32 Å². The van der Waals surface area contributed by atoms with E-state index in [2.05, 4.69) is 5.32 Å². The first-order valence-corrected chi connectivity index (χ1v) is 6.92. The summed E-state index contributed by atoms with van der Waals surface area (Å²) in [5.41, 5.74) is 5.53. The van der Waals surface area contributed by atoms with Crippen molar-refractivity contribution in [2.24, 2.45) is 5.73 Å². The molecule has 0 saturated carbocycles. The summed E-state index contributed by atoms with van der Waals surface area (Å²) in [7, 11) is 2.91. The van der Waals surface area contributed by atoms with Crippen LogP contribution in [-0.4, -0.2) is 40.6 Å². The molecule has 0 spiro atoms. The van der Waals surface area contributed by atoms with Gasteiger partial charge in [0.2, 0.25) is 5.91 Å². The van der Waals surface area contributed by atoms with E-state index >= 15 is 0 Å².